The summed E-state index contributed by atoms with van der Waals surface area (Å²) >= 11 is 0. The van der Waals surface area contributed by atoms with E-state index in [0.29, 0.717) is 12.8 Å². The molecule has 0 radical (unpaired) electrons. The van der Waals surface area contributed by atoms with Gasteiger partial charge in [-0.2, -0.15) is 0 Å². The summed E-state index contributed by atoms with van der Waals surface area (Å²) in [4.78, 5) is 13.3. The van der Waals surface area contributed by atoms with Crippen LogP contribution in [-0.2, 0) is 33.2 Å². The molecular formula is C61H107NO18. The molecule has 3 heterocycles. The molecule has 0 aliphatic carbocycles. The van der Waals surface area contributed by atoms with Crippen molar-refractivity contribution < 1.29 is 89.4 Å². The van der Waals surface area contributed by atoms with Crippen LogP contribution in [-0.4, -0.2) is 193 Å². The van der Waals surface area contributed by atoms with Crippen LogP contribution in [0.3, 0.4) is 0 Å². The van der Waals surface area contributed by atoms with Gasteiger partial charge < -0.3 is 89.9 Å². The molecule has 19 nitrogen and oxygen atoms in total. The highest BCUT2D eigenvalue weighted by Crippen LogP contribution is 2.33. The summed E-state index contributed by atoms with van der Waals surface area (Å²) in [6.45, 7) is 1.65. The number of amides is 1. The molecule has 12 N–H and O–H groups in total. The normalized spacial score (nSPS) is 30.4. The molecule has 0 saturated carbocycles. The summed E-state index contributed by atoms with van der Waals surface area (Å²) < 4.78 is 34.2. The number of unbranched alkanes of at least 4 members (excludes halogenated alkanes) is 20. The van der Waals surface area contributed by atoms with Crippen molar-refractivity contribution in [3.05, 3.63) is 60.8 Å². The standard InChI is InChI=1S/C61H107NO18/c1-3-5-7-9-11-13-15-17-19-21-22-23-24-26-28-30-32-34-36-38-45(66)44(62-49(67)39-37-35-33-31-29-27-25-20-18-16-14-12-10-8-6-4-2)43-75-59-55(73)52(70)57(47(41-64)77-59)80-61-56(74)53(71)58(48(42-65)78-61)79-60-54(72)51(69)50(68)46(40-63)76-60/h14,16,20,22-23,25,28,30,36,38,44-48,50-61,63-66,68-74H,3-13,15,17-19,21,24,26-27,29,31-35,37,39-43H2,1-2H3,(H,62,67)/b16-14-,23-22+,25-20-,30-28+,38-36+. The van der Waals surface area contributed by atoms with E-state index < -0.39 is 124 Å². The van der Waals surface area contributed by atoms with Crippen LogP contribution in [0.15, 0.2) is 60.8 Å². The van der Waals surface area contributed by atoms with Crippen LogP contribution in [0.4, 0.5) is 0 Å². The highest BCUT2D eigenvalue weighted by molar-refractivity contribution is 5.76. The molecule has 464 valence electrons. The lowest BCUT2D eigenvalue weighted by atomic mass is 9.96. The number of hydrogen-bond acceptors (Lipinski definition) is 18. The smallest absolute Gasteiger partial charge is 0.220 e. The molecule has 19 heteroatoms. The van der Waals surface area contributed by atoms with Gasteiger partial charge in [-0.1, -0.05) is 164 Å². The summed E-state index contributed by atoms with van der Waals surface area (Å²) in [7, 11) is 0. The summed E-state index contributed by atoms with van der Waals surface area (Å²) in [5, 5.41) is 120. The summed E-state index contributed by atoms with van der Waals surface area (Å²) in [6, 6.07) is -1.00. The Morgan fingerprint density at radius 3 is 1.34 bits per heavy atom. The van der Waals surface area contributed by atoms with E-state index in [1.807, 2.05) is 6.08 Å². The Balaban J connectivity index is 1.53. The zero-order chi connectivity index (χ0) is 58.3. The van der Waals surface area contributed by atoms with E-state index in [-0.39, 0.29) is 18.9 Å². The van der Waals surface area contributed by atoms with Gasteiger partial charge in [-0.05, 0) is 77.0 Å². The van der Waals surface area contributed by atoms with Crippen molar-refractivity contribution in [3.8, 4) is 0 Å². The fourth-order valence-electron chi connectivity index (χ4n) is 9.96. The molecule has 0 aromatic carbocycles. The minimum atomic E-state index is -1.98. The highest BCUT2D eigenvalue weighted by atomic mass is 16.8. The van der Waals surface area contributed by atoms with Crippen LogP contribution in [0.5, 0.6) is 0 Å². The van der Waals surface area contributed by atoms with Crippen molar-refractivity contribution in [2.75, 3.05) is 26.4 Å². The Hall–Kier alpha value is -2.51. The molecule has 80 heavy (non-hydrogen) atoms. The maximum absolute atomic E-state index is 13.3. The van der Waals surface area contributed by atoms with Crippen molar-refractivity contribution in [1.82, 2.24) is 5.32 Å². The average molecular weight is 1140 g/mol. The van der Waals surface area contributed by atoms with E-state index in [9.17, 15) is 61.0 Å². The van der Waals surface area contributed by atoms with E-state index in [1.54, 1.807) is 6.08 Å². The molecule has 0 aromatic heterocycles. The Labute approximate surface area is 477 Å². The van der Waals surface area contributed by atoms with E-state index in [4.69, 9.17) is 28.4 Å². The molecule has 0 spiro atoms. The first-order chi connectivity index (χ1) is 38.8. The predicted molar refractivity (Wildman–Crippen MR) is 305 cm³/mol. The number of nitrogens with one attached hydrogen (secondary N) is 1. The van der Waals surface area contributed by atoms with Crippen molar-refractivity contribution >= 4 is 5.91 Å². The second kappa shape index (κ2) is 44.0. The lowest BCUT2D eigenvalue weighted by molar-refractivity contribution is -0.379. The summed E-state index contributed by atoms with van der Waals surface area (Å²) in [5.74, 6) is -0.306. The van der Waals surface area contributed by atoms with Gasteiger partial charge in [0, 0.05) is 6.42 Å². The van der Waals surface area contributed by atoms with Crippen LogP contribution in [0.2, 0.25) is 0 Å². The fraction of sp³-hybridized carbons (Fsp3) is 0.820. The molecule has 3 saturated heterocycles. The van der Waals surface area contributed by atoms with E-state index in [2.05, 4.69) is 67.8 Å². The predicted octanol–water partition coefficient (Wildman–Crippen LogP) is 5.65. The lowest BCUT2D eigenvalue weighted by Crippen LogP contribution is -2.66. The van der Waals surface area contributed by atoms with Crippen LogP contribution < -0.4 is 5.32 Å². The number of rotatable bonds is 44. The minimum Gasteiger partial charge on any atom is -0.394 e. The molecule has 3 aliphatic rings. The summed E-state index contributed by atoms with van der Waals surface area (Å²) in [5.41, 5.74) is 0. The number of aliphatic hydroxyl groups excluding tert-OH is 11. The van der Waals surface area contributed by atoms with Gasteiger partial charge in [0.2, 0.25) is 5.91 Å². The molecule has 17 atom stereocenters. The van der Waals surface area contributed by atoms with Crippen LogP contribution in [0.1, 0.15) is 187 Å². The maximum Gasteiger partial charge on any atom is 0.220 e. The lowest BCUT2D eigenvalue weighted by Gasteiger charge is -2.48. The van der Waals surface area contributed by atoms with Crippen molar-refractivity contribution in [1.29, 1.82) is 0 Å². The zero-order valence-corrected chi connectivity index (χ0v) is 48.3. The second-order valence-electron chi connectivity index (χ2n) is 21.8. The van der Waals surface area contributed by atoms with E-state index in [1.165, 1.54) is 83.5 Å². The zero-order valence-electron chi connectivity index (χ0n) is 48.3. The largest absolute Gasteiger partial charge is 0.394 e. The van der Waals surface area contributed by atoms with Gasteiger partial charge in [0.1, 0.15) is 73.2 Å². The first-order valence-corrected chi connectivity index (χ1v) is 30.5. The summed E-state index contributed by atoms with van der Waals surface area (Å²) in [6.07, 6.45) is 23.4. The molecule has 3 aliphatic heterocycles. The second-order valence-corrected chi connectivity index (χ2v) is 21.8. The van der Waals surface area contributed by atoms with Gasteiger partial charge in [0.15, 0.2) is 18.9 Å². The van der Waals surface area contributed by atoms with Gasteiger partial charge in [0.25, 0.3) is 0 Å². The molecular weight excluding hydrogens is 1030 g/mol. The van der Waals surface area contributed by atoms with Gasteiger partial charge in [-0.25, -0.2) is 0 Å². The number of hydrogen-bond donors (Lipinski definition) is 12. The van der Waals surface area contributed by atoms with Crippen molar-refractivity contribution in [3.63, 3.8) is 0 Å². The molecule has 0 aromatic rings. The number of aliphatic hydroxyl groups is 11. The van der Waals surface area contributed by atoms with Crippen LogP contribution in [0.25, 0.3) is 0 Å². The third-order valence-electron chi connectivity index (χ3n) is 15.0. The SMILES string of the molecule is CCCCCC/C=C\C/C=C\CCCCCCCC(=O)NC(COC1OC(CO)C(OC2OC(CO)C(OC3OC(CO)C(O)C(O)C3O)C(O)C2O)C(O)C1O)C(O)/C=C/CC/C=C/CC/C=C/CCCCCCCCCCC. The van der Waals surface area contributed by atoms with Gasteiger partial charge in [0.05, 0.1) is 38.6 Å². The van der Waals surface area contributed by atoms with Gasteiger partial charge >= 0.3 is 0 Å². The molecule has 3 rings (SSSR count). The molecule has 3 fully saturated rings. The Bertz CT molecular complexity index is 1700. The van der Waals surface area contributed by atoms with Crippen LogP contribution >= 0.6 is 0 Å². The fourth-order valence-corrected chi connectivity index (χ4v) is 9.96. The number of allylic oxidation sites excluding steroid dienone is 9. The monoisotopic (exact) mass is 1140 g/mol. The van der Waals surface area contributed by atoms with Crippen LogP contribution in [0, 0.1) is 0 Å². The quantitative estimate of drug-likeness (QED) is 0.0259. The Morgan fingerprint density at radius 1 is 0.450 bits per heavy atom. The maximum atomic E-state index is 13.3. The minimum absolute atomic E-state index is 0.214. The number of ether oxygens (including phenoxy) is 6. The third-order valence-corrected chi connectivity index (χ3v) is 15.0. The molecule has 0 bridgehead atoms. The topological polar surface area (TPSA) is 307 Å². The van der Waals surface area contributed by atoms with Gasteiger partial charge in [-0.3, -0.25) is 4.79 Å². The first kappa shape index (κ1) is 71.8. The van der Waals surface area contributed by atoms with Crippen molar-refractivity contribution in [2.45, 2.75) is 291 Å². The number of carbonyl (C=O) groups excluding carboxylic acids is 1. The highest BCUT2D eigenvalue weighted by Gasteiger charge is 2.53. The number of carbonyl (C=O) groups is 1. The third kappa shape index (κ3) is 27.5. The molecule has 1 amide bonds. The van der Waals surface area contributed by atoms with Crippen molar-refractivity contribution in [2.24, 2.45) is 0 Å². The van der Waals surface area contributed by atoms with E-state index >= 15 is 0 Å². The first-order valence-electron chi connectivity index (χ1n) is 30.5. The van der Waals surface area contributed by atoms with E-state index in [0.717, 1.165) is 70.6 Å². The average Bonchev–Trinajstić information content (AvgIpc) is 3.50. The Morgan fingerprint density at radius 2 is 0.838 bits per heavy atom. The molecule has 17 unspecified atom stereocenters. The van der Waals surface area contributed by atoms with Gasteiger partial charge in [-0.15, -0.1) is 0 Å². The Kier molecular flexibility index (Phi) is 39.5.